The van der Waals surface area contributed by atoms with Gasteiger partial charge < -0.3 is 5.11 Å². The van der Waals surface area contributed by atoms with Crippen molar-refractivity contribution in [2.24, 2.45) is 0 Å². The van der Waals surface area contributed by atoms with Crippen LogP contribution in [0.25, 0.3) is 0 Å². The van der Waals surface area contributed by atoms with E-state index in [4.69, 9.17) is 10.4 Å². The highest BCUT2D eigenvalue weighted by Gasteiger charge is 2.16. The highest BCUT2D eigenvalue weighted by atomic mass is 32.2. The first kappa shape index (κ1) is 15.6. The van der Waals surface area contributed by atoms with E-state index in [1.807, 2.05) is 6.07 Å². The molecule has 0 fully saturated rings. The van der Waals surface area contributed by atoms with E-state index >= 15 is 0 Å². The van der Waals surface area contributed by atoms with Gasteiger partial charge in [-0.1, -0.05) is 0 Å². The number of hydrogen-bond donors (Lipinski definition) is 2. The average molecular weight is 282 g/mol. The molecular weight excluding hydrogens is 264 g/mol. The van der Waals surface area contributed by atoms with E-state index in [1.54, 1.807) is 13.0 Å². The first-order chi connectivity index (χ1) is 9.01. The monoisotopic (exact) mass is 282 g/mol. The van der Waals surface area contributed by atoms with Gasteiger partial charge in [-0.15, -0.1) is 0 Å². The van der Waals surface area contributed by atoms with Crippen molar-refractivity contribution in [3.8, 4) is 6.07 Å². The number of benzene rings is 1. The van der Waals surface area contributed by atoms with Crippen LogP contribution in [0.15, 0.2) is 23.1 Å². The highest BCUT2D eigenvalue weighted by molar-refractivity contribution is 7.89. The summed E-state index contributed by atoms with van der Waals surface area (Å²) in [5.74, 6) is 0. The predicted molar refractivity (Wildman–Crippen MR) is 72.0 cm³/mol. The number of sulfonamides is 1. The zero-order valence-electron chi connectivity index (χ0n) is 10.9. The molecule has 0 amide bonds. The number of aliphatic hydroxyl groups excluding tert-OH is 1. The predicted octanol–water partition coefficient (Wildman–Crippen LogP) is 1.31. The van der Waals surface area contributed by atoms with Gasteiger partial charge >= 0.3 is 0 Å². The molecule has 19 heavy (non-hydrogen) atoms. The van der Waals surface area contributed by atoms with Gasteiger partial charge in [0.1, 0.15) is 0 Å². The van der Waals surface area contributed by atoms with Gasteiger partial charge in [-0.05, 0) is 49.9 Å². The van der Waals surface area contributed by atoms with E-state index in [1.165, 1.54) is 12.1 Å². The van der Waals surface area contributed by atoms with Gasteiger partial charge in [-0.25, -0.2) is 13.1 Å². The number of unbranched alkanes of at least 4 members (excludes halogenated alkanes) is 2. The third-order valence-corrected chi connectivity index (χ3v) is 4.34. The van der Waals surface area contributed by atoms with E-state index in [-0.39, 0.29) is 11.5 Å². The summed E-state index contributed by atoms with van der Waals surface area (Å²) in [4.78, 5) is 0.202. The maximum Gasteiger partial charge on any atom is 0.240 e. The van der Waals surface area contributed by atoms with Crippen molar-refractivity contribution in [2.45, 2.75) is 31.1 Å². The van der Waals surface area contributed by atoms with Gasteiger partial charge in [0.25, 0.3) is 0 Å². The molecule has 0 spiro atoms. The number of rotatable bonds is 7. The molecule has 0 bridgehead atoms. The summed E-state index contributed by atoms with van der Waals surface area (Å²) in [5, 5.41) is 17.4. The molecule has 0 unspecified atom stereocenters. The maximum atomic E-state index is 12.0. The molecule has 0 aliphatic heterocycles. The largest absolute Gasteiger partial charge is 0.396 e. The fraction of sp³-hybridized carbons (Fsp3) is 0.462. The van der Waals surface area contributed by atoms with E-state index in [0.717, 1.165) is 6.42 Å². The van der Waals surface area contributed by atoms with Crippen molar-refractivity contribution < 1.29 is 13.5 Å². The van der Waals surface area contributed by atoms with Crippen LogP contribution in [0, 0.1) is 18.3 Å². The van der Waals surface area contributed by atoms with Crippen molar-refractivity contribution in [1.82, 2.24) is 4.72 Å². The Morgan fingerprint density at radius 1 is 1.32 bits per heavy atom. The van der Waals surface area contributed by atoms with E-state index in [0.29, 0.717) is 30.5 Å². The van der Waals surface area contributed by atoms with Gasteiger partial charge in [-0.2, -0.15) is 5.26 Å². The highest BCUT2D eigenvalue weighted by Crippen LogP contribution is 2.16. The Morgan fingerprint density at radius 2 is 2.05 bits per heavy atom. The summed E-state index contributed by atoms with van der Waals surface area (Å²) in [7, 11) is -3.53. The second kappa shape index (κ2) is 7.24. The average Bonchev–Trinajstić information content (AvgIpc) is 2.37. The standard InChI is InChI=1S/C13H18N2O3S/c1-11-9-12(10-14)5-6-13(11)19(17,18)15-7-3-2-4-8-16/h5-6,9,15-16H,2-4,7-8H2,1H3. The molecule has 0 radical (unpaired) electrons. The number of hydrogen-bond acceptors (Lipinski definition) is 4. The smallest absolute Gasteiger partial charge is 0.240 e. The summed E-state index contributed by atoms with van der Waals surface area (Å²) in [6, 6.07) is 6.47. The molecule has 104 valence electrons. The van der Waals surface area contributed by atoms with Crippen LogP contribution in [0.1, 0.15) is 30.4 Å². The molecule has 0 atom stereocenters. The Morgan fingerprint density at radius 3 is 2.63 bits per heavy atom. The van der Waals surface area contributed by atoms with Gasteiger partial charge in [0, 0.05) is 13.2 Å². The SMILES string of the molecule is Cc1cc(C#N)ccc1S(=O)(=O)NCCCCCO. The molecule has 6 heteroatoms. The lowest BCUT2D eigenvalue weighted by molar-refractivity contribution is 0.283. The van der Waals surface area contributed by atoms with Crippen LogP contribution >= 0.6 is 0 Å². The molecule has 1 aromatic rings. The normalized spacial score (nSPS) is 11.2. The molecule has 1 rings (SSSR count). The number of aliphatic hydroxyl groups is 1. The molecular formula is C13H18N2O3S. The molecule has 0 aromatic heterocycles. The Hall–Kier alpha value is -1.42. The van der Waals surface area contributed by atoms with Gasteiger partial charge in [0.15, 0.2) is 0 Å². The van der Waals surface area contributed by atoms with E-state index in [2.05, 4.69) is 4.72 Å². The zero-order valence-corrected chi connectivity index (χ0v) is 11.7. The molecule has 0 heterocycles. The third kappa shape index (κ3) is 4.63. The van der Waals surface area contributed by atoms with Crippen molar-refractivity contribution in [1.29, 1.82) is 5.26 Å². The van der Waals surface area contributed by atoms with Crippen molar-refractivity contribution >= 4 is 10.0 Å². The summed E-state index contributed by atoms with van der Waals surface area (Å²) in [6.45, 7) is 2.14. The second-order valence-electron chi connectivity index (χ2n) is 4.27. The van der Waals surface area contributed by atoms with Crippen LogP contribution in [-0.2, 0) is 10.0 Å². The molecule has 5 nitrogen and oxygen atoms in total. The Bertz CT molecular complexity index is 562. The summed E-state index contributed by atoms with van der Waals surface area (Å²) >= 11 is 0. The van der Waals surface area contributed by atoms with Crippen molar-refractivity contribution in [3.63, 3.8) is 0 Å². The van der Waals surface area contributed by atoms with Crippen LogP contribution in [0.2, 0.25) is 0 Å². The van der Waals surface area contributed by atoms with Crippen LogP contribution in [0.4, 0.5) is 0 Å². The third-order valence-electron chi connectivity index (χ3n) is 2.72. The first-order valence-corrected chi connectivity index (χ1v) is 7.61. The number of nitrogens with zero attached hydrogens (tertiary/aromatic N) is 1. The van der Waals surface area contributed by atoms with Gasteiger partial charge in [0.2, 0.25) is 10.0 Å². The van der Waals surface area contributed by atoms with Crippen LogP contribution in [0.5, 0.6) is 0 Å². The lowest BCUT2D eigenvalue weighted by Gasteiger charge is -2.09. The Balaban J connectivity index is 2.70. The minimum atomic E-state index is -3.53. The molecule has 0 aliphatic rings. The van der Waals surface area contributed by atoms with Crippen LogP contribution in [-0.4, -0.2) is 26.7 Å². The summed E-state index contributed by atoms with van der Waals surface area (Å²) < 4.78 is 26.6. The number of nitriles is 1. The minimum absolute atomic E-state index is 0.126. The van der Waals surface area contributed by atoms with E-state index in [9.17, 15) is 8.42 Å². The molecule has 0 aliphatic carbocycles. The first-order valence-electron chi connectivity index (χ1n) is 6.12. The summed E-state index contributed by atoms with van der Waals surface area (Å²) in [5.41, 5.74) is 1.00. The second-order valence-corrected chi connectivity index (χ2v) is 6.01. The van der Waals surface area contributed by atoms with Gasteiger partial charge in [-0.3, -0.25) is 0 Å². The minimum Gasteiger partial charge on any atom is -0.396 e. The topological polar surface area (TPSA) is 90.2 Å². The lowest BCUT2D eigenvalue weighted by Crippen LogP contribution is -2.25. The molecule has 0 saturated heterocycles. The molecule has 2 N–H and O–H groups in total. The van der Waals surface area contributed by atoms with Crippen molar-refractivity contribution in [2.75, 3.05) is 13.2 Å². The maximum absolute atomic E-state index is 12.0. The Kier molecular flexibility index (Phi) is 5.96. The zero-order chi connectivity index (χ0) is 14.3. The van der Waals surface area contributed by atoms with E-state index < -0.39 is 10.0 Å². The number of nitrogens with one attached hydrogen (secondary N) is 1. The van der Waals surface area contributed by atoms with Gasteiger partial charge in [0.05, 0.1) is 16.5 Å². The van der Waals surface area contributed by atoms with Crippen LogP contribution in [0.3, 0.4) is 0 Å². The molecule has 1 aromatic carbocycles. The molecule has 0 saturated carbocycles. The lowest BCUT2D eigenvalue weighted by atomic mass is 10.2. The fourth-order valence-electron chi connectivity index (χ4n) is 1.72. The number of aryl methyl sites for hydroxylation is 1. The quantitative estimate of drug-likeness (QED) is 0.738. The van der Waals surface area contributed by atoms with Crippen molar-refractivity contribution in [3.05, 3.63) is 29.3 Å². The summed E-state index contributed by atoms with van der Waals surface area (Å²) in [6.07, 6.45) is 2.15. The fourth-order valence-corrected chi connectivity index (χ4v) is 3.02. The Labute approximate surface area is 113 Å². The van der Waals surface area contributed by atoms with Crippen LogP contribution < -0.4 is 4.72 Å².